The Morgan fingerprint density at radius 1 is 1.31 bits per heavy atom. The molecule has 4 nitrogen and oxygen atoms in total. The third-order valence-corrected chi connectivity index (χ3v) is 2.33. The molecule has 1 aromatic carbocycles. The van der Waals surface area contributed by atoms with E-state index in [0.29, 0.717) is 6.54 Å². The van der Waals surface area contributed by atoms with Gasteiger partial charge in [0.1, 0.15) is 11.8 Å². The number of ether oxygens (including phenoxy) is 2. The van der Waals surface area contributed by atoms with Gasteiger partial charge >= 0.3 is 5.97 Å². The van der Waals surface area contributed by atoms with Crippen molar-refractivity contribution >= 4 is 5.97 Å². The van der Waals surface area contributed by atoms with Crippen molar-refractivity contribution < 1.29 is 14.3 Å². The van der Waals surface area contributed by atoms with Gasteiger partial charge in [-0.1, -0.05) is 12.1 Å². The second-order valence-corrected chi connectivity index (χ2v) is 3.47. The summed E-state index contributed by atoms with van der Waals surface area (Å²) in [5.41, 5.74) is 1.09. The van der Waals surface area contributed by atoms with Crippen molar-refractivity contribution in [1.82, 2.24) is 5.32 Å². The maximum Gasteiger partial charge on any atom is 0.322 e. The lowest BCUT2D eigenvalue weighted by atomic mass is 10.2. The van der Waals surface area contributed by atoms with Gasteiger partial charge in [0.15, 0.2) is 0 Å². The number of esters is 1. The van der Waals surface area contributed by atoms with Crippen molar-refractivity contribution in [2.45, 2.75) is 19.5 Å². The summed E-state index contributed by atoms with van der Waals surface area (Å²) >= 11 is 0. The van der Waals surface area contributed by atoms with Crippen LogP contribution >= 0.6 is 0 Å². The summed E-state index contributed by atoms with van der Waals surface area (Å²) in [5.74, 6) is 0.568. The number of hydrogen-bond donors (Lipinski definition) is 1. The molecule has 0 radical (unpaired) electrons. The predicted octanol–water partition coefficient (Wildman–Crippen LogP) is 1.35. The molecule has 0 aromatic heterocycles. The van der Waals surface area contributed by atoms with Crippen molar-refractivity contribution in [1.29, 1.82) is 0 Å². The van der Waals surface area contributed by atoms with E-state index in [-0.39, 0.29) is 12.0 Å². The lowest BCUT2D eigenvalue weighted by Crippen LogP contribution is -2.34. The average molecular weight is 223 g/mol. The fourth-order valence-electron chi connectivity index (χ4n) is 1.27. The van der Waals surface area contributed by atoms with Crippen molar-refractivity contribution in [3.8, 4) is 5.75 Å². The van der Waals surface area contributed by atoms with Gasteiger partial charge in [-0.3, -0.25) is 4.79 Å². The predicted molar refractivity (Wildman–Crippen MR) is 61.3 cm³/mol. The second kappa shape index (κ2) is 6.12. The lowest BCUT2D eigenvalue weighted by Gasteiger charge is -2.11. The van der Waals surface area contributed by atoms with E-state index in [2.05, 4.69) is 10.1 Å². The first kappa shape index (κ1) is 12.5. The molecule has 0 heterocycles. The molecule has 1 aromatic rings. The van der Waals surface area contributed by atoms with Gasteiger partial charge in [-0.25, -0.2) is 0 Å². The van der Waals surface area contributed by atoms with E-state index in [4.69, 9.17) is 4.74 Å². The van der Waals surface area contributed by atoms with Crippen LogP contribution in [0.2, 0.25) is 0 Å². The minimum atomic E-state index is -0.299. The number of nitrogens with one attached hydrogen (secondary N) is 1. The molecule has 0 bridgehead atoms. The Morgan fingerprint density at radius 2 is 1.94 bits per heavy atom. The minimum absolute atomic E-state index is 0.256. The molecule has 1 rings (SSSR count). The lowest BCUT2D eigenvalue weighted by molar-refractivity contribution is -0.142. The van der Waals surface area contributed by atoms with Crippen molar-refractivity contribution in [3.05, 3.63) is 29.8 Å². The maximum atomic E-state index is 11.1. The number of benzene rings is 1. The Bertz CT molecular complexity index is 335. The molecule has 0 aliphatic rings. The Labute approximate surface area is 95.6 Å². The van der Waals surface area contributed by atoms with E-state index in [1.54, 1.807) is 14.0 Å². The van der Waals surface area contributed by atoms with Gasteiger partial charge in [-0.05, 0) is 24.6 Å². The van der Waals surface area contributed by atoms with Crippen LogP contribution in [-0.4, -0.2) is 26.2 Å². The molecule has 0 saturated heterocycles. The number of carbonyl (C=O) groups is 1. The van der Waals surface area contributed by atoms with E-state index in [0.717, 1.165) is 11.3 Å². The summed E-state index contributed by atoms with van der Waals surface area (Å²) in [6.07, 6.45) is 0. The highest BCUT2D eigenvalue weighted by molar-refractivity contribution is 5.75. The first-order chi connectivity index (χ1) is 7.67. The van der Waals surface area contributed by atoms with Crippen LogP contribution in [0.25, 0.3) is 0 Å². The van der Waals surface area contributed by atoms with Crippen LogP contribution in [0.1, 0.15) is 12.5 Å². The summed E-state index contributed by atoms with van der Waals surface area (Å²) in [4.78, 5) is 11.1. The third kappa shape index (κ3) is 3.55. The van der Waals surface area contributed by atoms with E-state index >= 15 is 0 Å². The zero-order chi connectivity index (χ0) is 12.0. The Morgan fingerprint density at radius 3 is 2.44 bits per heavy atom. The first-order valence-electron chi connectivity index (χ1n) is 5.11. The normalized spacial score (nSPS) is 11.9. The minimum Gasteiger partial charge on any atom is -0.497 e. The zero-order valence-electron chi connectivity index (χ0n) is 9.82. The number of rotatable bonds is 5. The summed E-state index contributed by atoms with van der Waals surface area (Å²) in [5, 5.41) is 3.07. The summed E-state index contributed by atoms with van der Waals surface area (Å²) in [6.45, 7) is 2.40. The van der Waals surface area contributed by atoms with Gasteiger partial charge in [0.25, 0.3) is 0 Å². The van der Waals surface area contributed by atoms with Crippen LogP contribution in [0.15, 0.2) is 24.3 Å². The standard InChI is InChI=1S/C12H17NO3/c1-9(12(14)16-3)13-8-10-4-6-11(15-2)7-5-10/h4-7,9,13H,8H2,1-3H3/t9-/m0/s1. The summed E-state index contributed by atoms with van der Waals surface area (Å²) in [7, 11) is 3.01. The highest BCUT2D eigenvalue weighted by atomic mass is 16.5. The van der Waals surface area contributed by atoms with Crippen LogP contribution in [0.3, 0.4) is 0 Å². The van der Waals surface area contributed by atoms with Gasteiger partial charge in [-0.2, -0.15) is 0 Å². The van der Waals surface area contributed by atoms with Crippen molar-refractivity contribution in [3.63, 3.8) is 0 Å². The van der Waals surface area contributed by atoms with Gasteiger partial charge in [0, 0.05) is 6.54 Å². The molecular formula is C12H17NO3. The van der Waals surface area contributed by atoms with E-state index in [9.17, 15) is 4.79 Å². The van der Waals surface area contributed by atoms with E-state index in [1.165, 1.54) is 7.11 Å². The Kier molecular flexibility index (Phi) is 4.79. The SMILES string of the molecule is COC(=O)[C@H](C)NCc1ccc(OC)cc1. The molecule has 1 N–H and O–H groups in total. The number of methoxy groups -OCH3 is 2. The van der Waals surface area contributed by atoms with Gasteiger partial charge in [0.2, 0.25) is 0 Å². The molecule has 0 spiro atoms. The smallest absolute Gasteiger partial charge is 0.322 e. The molecular weight excluding hydrogens is 206 g/mol. The molecule has 16 heavy (non-hydrogen) atoms. The fraction of sp³-hybridized carbons (Fsp3) is 0.417. The topological polar surface area (TPSA) is 47.6 Å². The Hall–Kier alpha value is -1.55. The number of carbonyl (C=O) groups excluding carboxylic acids is 1. The second-order valence-electron chi connectivity index (χ2n) is 3.47. The zero-order valence-corrected chi connectivity index (χ0v) is 9.82. The van der Waals surface area contributed by atoms with Crippen LogP contribution in [0, 0.1) is 0 Å². The quantitative estimate of drug-likeness (QED) is 0.765. The molecule has 0 fully saturated rings. The molecule has 0 amide bonds. The average Bonchev–Trinajstić information content (AvgIpc) is 2.35. The van der Waals surface area contributed by atoms with Gasteiger partial charge in [0.05, 0.1) is 14.2 Å². The molecule has 0 aliphatic carbocycles. The van der Waals surface area contributed by atoms with Crippen LogP contribution in [-0.2, 0) is 16.1 Å². The highest BCUT2D eigenvalue weighted by Gasteiger charge is 2.11. The van der Waals surface area contributed by atoms with Gasteiger partial charge in [-0.15, -0.1) is 0 Å². The monoisotopic (exact) mass is 223 g/mol. The highest BCUT2D eigenvalue weighted by Crippen LogP contribution is 2.11. The van der Waals surface area contributed by atoms with E-state index in [1.807, 2.05) is 24.3 Å². The summed E-state index contributed by atoms with van der Waals surface area (Å²) < 4.78 is 9.67. The van der Waals surface area contributed by atoms with E-state index < -0.39 is 0 Å². The number of hydrogen-bond acceptors (Lipinski definition) is 4. The molecule has 0 unspecified atom stereocenters. The molecule has 0 saturated carbocycles. The maximum absolute atomic E-state index is 11.1. The van der Waals surface area contributed by atoms with Crippen LogP contribution in [0.4, 0.5) is 0 Å². The first-order valence-corrected chi connectivity index (χ1v) is 5.11. The third-order valence-electron chi connectivity index (χ3n) is 2.33. The van der Waals surface area contributed by atoms with Gasteiger partial charge < -0.3 is 14.8 Å². The fourth-order valence-corrected chi connectivity index (χ4v) is 1.27. The van der Waals surface area contributed by atoms with Crippen LogP contribution in [0.5, 0.6) is 5.75 Å². The molecule has 1 atom stereocenters. The Balaban J connectivity index is 2.45. The van der Waals surface area contributed by atoms with Crippen molar-refractivity contribution in [2.24, 2.45) is 0 Å². The molecule has 4 heteroatoms. The molecule has 88 valence electrons. The largest absolute Gasteiger partial charge is 0.497 e. The van der Waals surface area contributed by atoms with Crippen LogP contribution < -0.4 is 10.1 Å². The van der Waals surface area contributed by atoms with Crippen molar-refractivity contribution in [2.75, 3.05) is 14.2 Å². The summed E-state index contributed by atoms with van der Waals surface area (Å²) in [6, 6.07) is 7.39. The molecule has 0 aliphatic heterocycles.